The Morgan fingerprint density at radius 2 is 1.84 bits per heavy atom. The maximum Gasteiger partial charge on any atom is 0.426 e. The standard InChI is InChI=1S/C18H11BrF7NO4/c1-17(23,18(24,25)26)8-5-11(19)10(14(6-8)31-16(21)22)7-13(28)9-3-2-4-12(15(9)20)27(29)30/h2-6,16H,7H2,1H3. The fraction of sp³-hybridized carbons (Fsp3) is 0.278. The van der Waals surface area contributed by atoms with Gasteiger partial charge in [0.05, 0.1) is 10.5 Å². The summed E-state index contributed by atoms with van der Waals surface area (Å²) >= 11 is 2.79. The van der Waals surface area contributed by atoms with Crippen LogP contribution >= 0.6 is 15.9 Å². The molecular weight excluding hydrogens is 507 g/mol. The summed E-state index contributed by atoms with van der Waals surface area (Å²) in [5.41, 5.74) is -7.22. The van der Waals surface area contributed by atoms with E-state index in [1.54, 1.807) is 0 Å². The van der Waals surface area contributed by atoms with Crippen molar-refractivity contribution in [1.82, 2.24) is 0 Å². The molecule has 0 bridgehead atoms. The number of rotatable bonds is 7. The molecule has 168 valence electrons. The summed E-state index contributed by atoms with van der Waals surface area (Å²) < 4.78 is 96.8. The Hall–Kier alpha value is -2.70. The predicted molar refractivity (Wildman–Crippen MR) is 96.4 cm³/mol. The Bertz CT molecular complexity index is 1020. The van der Waals surface area contributed by atoms with Crippen molar-refractivity contribution in [2.45, 2.75) is 31.8 Å². The summed E-state index contributed by atoms with van der Waals surface area (Å²) in [6, 6.07) is 3.69. The Morgan fingerprint density at radius 3 is 2.35 bits per heavy atom. The van der Waals surface area contributed by atoms with Gasteiger partial charge in [-0.2, -0.15) is 26.3 Å². The number of halogens is 8. The smallest absolute Gasteiger partial charge is 0.426 e. The highest BCUT2D eigenvalue weighted by Crippen LogP contribution is 2.45. The maximum absolute atomic E-state index is 14.3. The fourth-order valence-electron chi connectivity index (χ4n) is 2.55. The maximum atomic E-state index is 14.3. The third-order valence-electron chi connectivity index (χ3n) is 4.26. The number of hydrogen-bond acceptors (Lipinski definition) is 4. The van der Waals surface area contributed by atoms with E-state index in [1.807, 2.05) is 0 Å². The molecule has 0 spiro atoms. The number of nitro benzene ring substituents is 1. The summed E-state index contributed by atoms with van der Waals surface area (Å²) in [5, 5.41) is 10.8. The average molecular weight is 518 g/mol. The number of carbonyl (C=O) groups is 1. The van der Waals surface area contributed by atoms with Gasteiger partial charge in [-0.05, 0) is 25.1 Å². The lowest BCUT2D eigenvalue weighted by Crippen LogP contribution is -2.35. The van der Waals surface area contributed by atoms with Gasteiger partial charge in [0.15, 0.2) is 5.78 Å². The lowest BCUT2D eigenvalue weighted by molar-refractivity contribution is -0.387. The summed E-state index contributed by atoms with van der Waals surface area (Å²) in [5.74, 6) is -3.55. The van der Waals surface area contributed by atoms with E-state index < -0.39 is 74.0 Å². The van der Waals surface area contributed by atoms with E-state index in [9.17, 15) is 45.6 Å². The number of nitro groups is 1. The molecule has 31 heavy (non-hydrogen) atoms. The summed E-state index contributed by atoms with van der Waals surface area (Å²) in [7, 11) is 0. The van der Waals surface area contributed by atoms with Crippen LogP contribution < -0.4 is 4.74 Å². The molecule has 0 aliphatic heterocycles. The highest BCUT2D eigenvalue weighted by Gasteiger charge is 2.53. The molecular formula is C18H11BrF7NO4. The van der Waals surface area contributed by atoms with Crippen molar-refractivity contribution in [3.63, 3.8) is 0 Å². The summed E-state index contributed by atoms with van der Waals surface area (Å²) in [6.45, 7) is -3.37. The van der Waals surface area contributed by atoms with Crippen molar-refractivity contribution in [1.29, 1.82) is 0 Å². The number of nitrogens with zero attached hydrogens (tertiary/aromatic N) is 1. The Balaban J connectivity index is 2.55. The average Bonchev–Trinajstić information content (AvgIpc) is 2.62. The van der Waals surface area contributed by atoms with Crippen molar-refractivity contribution in [3.05, 3.63) is 67.4 Å². The van der Waals surface area contributed by atoms with E-state index >= 15 is 0 Å². The Morgan fingerprint density at radius 1 is 1.23 bits per heavy atom. The van der Waals surface area contributed by atoms with Gasteiger partial charge in [-0.1, -0.05) is 22.0 Å². The number of carbonyl (C=O) groups excluding carboxylic acids is 1. The lowest BCUT2D eigenvalue weighted by atomic mass is 9.93. The second-order valence-electron chi connectivity index (χ2n) is 6.31. The zero-order valence-electron chi connectivity index (χ0n) is 15.3. The van der Waals surface area contributed by atoms with Crippen LogP contribution in [-0.4, -0.2) is 23.5 Å². The molecule has 1 unspecified atom stereocenters. The van der Waals surface area contributed by atoms with E-state index in [0.717, 1.165) is 18.2 Å². The molecule has 5 nitrogen and oxygen atoms in total. The van der Waals surface area contributed by atoms with E-state index in [-0.39, 0.29) is 6.92 Å². The molecule has 0 saturated heterocycles. The van der Waals surface area contributed by atoms with E-state index in [0.29, 0.717) is 12.1 Å². The van der Waals surface area contributed by atoms with Crippen LogP contribution in [0.4, 0.5) is 36.4 Å². The van der Waals surface area contributed by atoms with Gasteiger partial charge in [0.1, 0.15) is 5.75 Å². The van der Waals surface area contributed by atoms with Crippen molar-refractivity contribution >= 4 is 27.4 Å². The van der Waals surface area contributed by atoms with Gasteiger partial charge < -0.3 is 4.74 Å². The van der Waals surface area contributed by atoms with Gasteiger partial charge in [0, 0.05) is 28.1 Å². The molecule has 0 aromatic heterocycles. The Labute approximate surface area is 178 Å². The number of hydrogen-bond donors (Lipinski definition) is 0. The molecule has 2 rings (SSSR count). The van der Waals surface area contributed by atoms with Crippen molar-refractivity contribution in [2.24, 2.45) is 0 Å². The number of ether oxygens (including phenoxy) is 1. The number of alkyl halides is 6. The molecule has 0 radical (unpaired) electrons. The van der Waals surface area contributed by atoms with Crippen molar-refractivity contribution in [3.8, 4) is 5.75 Å². The monoisotopic (exact) mass is 517 g/mol. The molecule has 0 heterocycles. The largest absolute Gasteiger partial charge is 0.434 e. The first-order valence-corrected chi connectivity index (χ1v) is 8.95. The van der Waals surface area contributed by atoms with Gasteiger partial charge in [-0.25, -0.2) is 4.39 Å². The molecule has 2 aromatic carbocycles. The van der Waals surface area contributed by atoms with Crippen molar-refractivity contribution in [2.75, 3.05) is 0 Å². The normalized spacial score (nSPS) is 13.7. The molecule has 0 amide bonds. The predicted octanol–water partition coefficient (Wildman–Crippen LogP) is 6.27. The van der Waals surface area contributed by atoms with Crippen LogP contribution in [0.3, 0.4) is 0 Å². The van der Waals surface area contributed by atoms with E-state index in [2.05, 4.69) is 20.7 Å². The SMILES string of the molecule is CC(F)(c1cc(Br)c(CC(=O)c2cccc([N+](=O)[O-])c2F)c(OC(F)F)c1)C(F)(F)F. The van der Waals surface area contributed by atoms with Gasteiger partial charge >= 0.3 is 18.5 Å². The fourth-order valence-corrected chi connectivity index (χ4v) is 3.13. The third kappa shape index (κ3) is 5.14. The molecule has 13 heteroatoms. The second kappa shape index (κ2) is 8.81. The highest BCUT2D eigenvalue weighted by molar-refractivity contribution is 9.10. The molecule has 0 aliphatic carbocycles. The Kier molecular flexibility index (Phi) is 6.98. The van der Waals surface area contributed by atoms with Crippen LogP contribution in [0.25, 0.3) is 0 Å². The molecule has 0 aliphatic rings. The van der Waals surface area contributed by atoms with Crippen LogP contribution in [0.15, 0.2) is 34.8 Å². The number of benzene rings is 2. The zero-order valence-corrected chi connectivity index (χ0v) is 16.9. The minimum Gasteiger partial charge on any atom is -0.434 e. The molecule has 0 saturated carbocycles. The van der Waals surface area contributed by atoms with Crippen molar-refractivity contribution < 1.29 is 45.2 Å². The second-order valence-corrected chi connectivity index (χ2v) is 7.16. The summed E-state index contributed by atoms with van der Waals surface area (Å²) in [6.07, 6.45) is -6.28. The van der Waals surface area contributed by atoms with Crippen LogP contribution in [0.5, 0.6) is 5.75 Å². The van der Waals surface area contributed by atoms with Gasteiger partial charge in [-0.3, -0.25) is 14.9 Å². The molecule has 0 N–H and O–H groups in total. The minimum absolute atomic E-state index is 0.171. The summed E-state index contributed by atoms with van der Waals surface area (Å²) in [4.78, 5) is 22.2. The van der Waals surface area contributed by atoms with Crippen LogP contribution in [0.1, 0.15) is 28.4 Å². The molecule has 0 fully saturated rings. The van der Waals surface area contributed by atoms with Crippen LogP contribution in [0, 0.1) is 15.9 Å². The van der Waals surface area contributed by atoms with Crippen LogP contribution in [0.2, 0.25) is 0 Å². The molecule has 2 aromatic rings. The van der Waals surface area contributed by atoms with Gasteiger partial charge in [0.2, 0.25) is 11.5 Å². The third-order valence-corrected chi connectivity index (χ3v) is 4.97. The number of Topliss-reactive ketones (excluding diaryl/α,β-unsaturated/α-hetero) is 1. The molecule has 1 atom stereocenters. The minimum atomic E-state index is -5.39. The van der Waals surface area contributed by atoms with E-state index in [4.69, 9.17) is 0 Å². The topological polar surface area (TPSA) is 69.4 Å². The lowest BCUT2D eigenvalue weighted by Gasteiger charge is -2.25. The first kappa shape index (κ1) is 24.6. The van der Waals surface area contributed by atoms with E-state index in [1.165, 1.54) is 0 Å². The highest BCUT2D eigenvalue weighted by atomic mass is 79.9. The zero-order chi connectivity index (χ0) is 23.7. The first-order chi connectivity index (χ1) is 14.2. The first-order valence-electron chi connectivity index (χ1n) is 8.16. The van der Waals surface area contributed by atoms with Gasteiger partial charge in [-0.15, -0.1) is 0 Å². The number of ketones is 1. The van der Waals surface area contributed by atoms with Gasteiger partial charge in [0.25, 0.3) is 0 Å². The quantitative estimate of drug-likeness (QED) is 0.188. The van der Waals surface area contributed by atoms with Crippen LogP contribution in [-0.2, 0) is 12.1 Å².